The highest BCUT2D eigenvalue weighted by molar-refractivity contribution is 5.90. The standard InChI is InChI=1S/C20H31N3O/c1-2-22-13-15-23(16-14-22)19-10-8-18(9-11-19)21-20(24)12-7-17-5-3-4-6-17/h8-11,17H,2-7,12-16H2,1H3,(H,21,24). The molecule has 1 aromatic carbocycles. The first-order valence-corrected chi connectivity index (χ1v) is 9.62. The van der Waals surface area contributed by atoms with Crippen molar-refractivity contribution in [2.75, 3.05) is 42.9 Å². The van der Waals surface area contributed by atoms with Crippen LogP contribution in [0.4, 0.5) is 11.4 Å². The number of likely N-dealkylation sites (N-methyl/N-ethyl adjacent to an activating group) is 1. The Bertz CT molecular complexity index is 514. The van der Waals surface area contributed by atoms with Gasteiger partial charge in [-0.1, -0.05) is 32.6 Å². The molecule has 1 aliphatic carbocycles. The Morgan fingerprint density at radius 2 is 1.75 bits per heavy atom. The molecule has 0 unspecified atom stereocenters. The van der Waals surface area contributed by atoms with Gasteiger partial charge in [0.2, 0.25) is 5.91 Å². The van der Waals surface area contributed by atoms with Gasteiger partial charge in [0.25, 0.3) is 0 Å². The topological polar surface area (TPSA) is 35.6 Å². The smallest absolute Gasteiger partial charge is 0.224 e. The summed E-state index contributed by atoms with van der Waals surface area (Å²) in [5, 5.41) is 3.05. The minimum Gasteiger partial charge on any atom is -0.369 e. The molecule has 1 saturated heterocycles. The van der Waals surface area contributed by atoms with Crippen LogP contribution in [0.15, 0.2) is 24.3 Å². The van der Waals surface area contributed by atoms with Crippen LogP contribution in [0.5, 0.6) is 0 Å². The van der Waals surface area contributed by atoms with Gasteiger partial charge in [0.05, 0.1) is 0 Å². The maximum atomic E-state index is 12.1. The van der Waals surface area contributed by atoms with Crippen LogP contribution in [0.1, 0.15) is 45.4 Å². The zero-order valence-electron chi connectivity index (χ0n) is 15.0. The van der Waals surface area contributed by atoms with Crippen molar-refractivity contribution < 1.29 is 4.79 Å². The second-order valence-electron chi connectivity index (χ2n) is 7.21. The lowest BCUT2D eigenvalue weighted by atomic mass is 10.0. The summed E-state index contributed by atoms with van der Waals surface area (Å²) in [4.78, 5) is 17.0. The quantitative estimate of drug-likeness (QED) is 0.863. The molecule has 1 aromatic rings. The molecule has 132 valence electrons. The van der Waals surface area contributed by atoms with Gasteiger partial charge in [-0.15, -0.1) is 0 Å². The van der Waals surface area contributed by atoms with Crippen molar-refractivity contribution in [2.45, 2.75) is 45.4 Å². The van der Waals surface area contributed by atoms with Gasteiger partial charge in [-0.3, -0.25) is 4.79 Å². The van der Waals surface area contributed by atoms with Crippen molar-refractivity contribution in [1.29, 1.82) is 0 Å². The van der Waals surface area contributed by atoms with E-state index < -0.39 is 0 Å². The Morgan fingerprint density at radius 3 is 2.38 bits per heavy atom. The summed E-state index contributed by atoms with van der Waals surface area (Å²) in [5.41, 5.74) is 2.18. The molecule has 2 aliphatic rings. The van der Waals surface area contributed by atoms with E-state index in [1.165, 1.54) is 31.4 Å². The summed E-state index contributed by atoms with van der Waals surface area (Å²) in [6.45, 7) is 7.80. The first kappa shape index (κ1) is 17.3. The number of piperazine rings is 1. The zero-order valence-corrected chi connectivity index (χ0v) is 15.0. The molecular weight excluding hydrogens is 298 g/mol. The summed E-state index contributed by atoms with van der Waals surface area (Å²) < 4.78 is 0. The highest BCUT2D eigenvalue weighted by Crippen LogP contribution is 2.28. The molecule has 0 aromatic heterocycles. The van der Waals surface area contributed by atoms with Crippen molar-refractivity contribution in [3.05, 3.63) is 24.3 Å². The maximum Gasteiger partial charge on any atom is 0.224 e. The molecule has 24 heavy (non-hydrogen) atoms. The van der Waals surface area contributed by atoms with Crippen molar-refractivity contribution >= 4 is 17.3 Å². The van der Waals surface area contributed by atoms with E-state index in [0.717, 1.165) is 50.7 Å². The molecule has 0 atom stereocenters. The van der Waals surface area contributed by atoms with Gasteiger partial charge in [0, 0.05) is 44.0 Å². The molecular formula is C20H31N3O. The summed E-state index contributed by atoms with van der Waals surface area (Å²) in [6.07, 6.45) is 7.03. The number of nitrogens with one attached hydrogen (secondary N) is 1. The van der Waals surface area contributed by atoms with Gasteiger partial charge in [-0.25, -0.2) is 0 Å². The molecule has 1 saturated carbocycles. The van der Waals surface area contributed by atoms with Gasteiger partial charge in [-0.2, -0.15) is 0 Å². The van der Waals surface area contributed by atoms with Crippen LogP contribution in [0.2, 0.25) is 0 Å². The molecule has 2 fully saturated rings. The highest BCUT2D eigenvalue weighted by atomic mass is 16.1. The number of amides is 1. The van der Waals surface area contributed by atoms with Crippen LogP contribution < -0.4 is 10.2 Å². The summed E-state index contributed by atoms with van der Waals surface area (Å²) in [7, 11) is 0. The first-order chi connectivity index (χ1) is 11.7. The summed E-state index contributed by atoms with van der Waals surface area (Å²) in [5.74, 6) is 0.936. The number of hydrogen-bond donors (Lipinski definition) is 1. The van der Waals surface area contributed by atoms with E-state index in [0.29, 0.717) is 6.42 Å². The van der Waals surface area contributed by atoms with Crippen molar-refractivity contribution in [1.82, 2.24) is 4.90 Å². The van der Waals surface area contributed by atoms with Gasteiger partial charge in [0.15, 0.2) is 0 Å². The van der Waals surface area contributed by atoms with Crippen LogP contribution in [0, 0.1) is 5.92 Å². The van der Waals surface area contributed by atoms with E-state index in [4.69, 9.17) is 0 Å². The second-order valence-corrected chi connectivity index (χ2v) is 7.21. The van der Waals surface area contributed by atoms with E-state index in [9.17, 15) is 4.79 Å². The molecule has 3 rings (SSSR count). The average Bonchev–Trinajstić information content (AvgIpc) is 3.14. The summed E-state index contributed by atoms with van der Waals surface area (Å²) in [6, 6.07) is 8.34. The van der Waals surface area contributed by atoms with E-state index >= 15 is 0 Å². The van der Waals surface area contributed by atoms with Gasteiger partial charge in [0.1, 0.15) is 0 Å². The molecule has 4 heteroatoms. The number of carbonyl (C=O) groups excluding carboxylic acids is 1. The Kier molecular flexibility index (Phi) is 6.13. The van der Waals surface area contributed by atoms with Crippen molar-refractivity contribution in [2.24, 2.45) is 5.92 Å². The largest absolute Gasteiger partial charge is 0.369 e. The fraction of sp³-hybridized carbons (Fsp3) is 0.650. The lowest BCUT2D eigenvalue weighted by Gasteiger charge is -2.35. The van der Waals surface area contributed by atoms with E-state index in [1.807, 2.05) is 12.1 Å². The van der Waals surface area contributed by atoms with Crippen LogP contribution in [-0.2, 0) is 4.79 Å². The Morgan fingerprint density at radius 1 is 1.08 bits per heavy atom. The van der Waals surface area contributed by atoms with Gasteiger partial charge >= 0.3 is 0 Å². The fourth-order valence-electron chi connectivity index (χ4n) is 3.94. The molecule has 1 N–H and O–H groups in total. The molecule has 0 radical (unpaired) electrons. The molecule has 1 heterocycles. The molecule has 0 bridgehead atoms. The molecule has 1 aliphatic heterocycles. The fourth-order valence-corrected chi connectivity index (χ4v) is 3.94. The predicted molar refractivity (Wildman–Crippen MR) is 101 cm³/mol. The Balaban J connectivity index is 1.44. The van der Waals surface area contributed by atoms with E-state index in [1.54, 1.807) is 0 Å². The lowest BCUT2D eigenvalue weighted by Crippen LogP contribution is -2.46. The SMILES string of the molecule is CCN1CCN(c2ccc(NC(=O)CCC3CCCC3)cc2)CC1. The molecule has 4 nitrogen and oxygen atoms in total. The zero-order chi connectivity index (χ0) is 16.8. The number of hydrogen-bond acceptors (Lipinski definition) is 3. The highest BCUT2D eigenvalue weighted by Gasteiger charge is 2.17. The third kappa shape index (κ3) is 4.73. The average molecular weight is 329 g/mol. The maximum absolute atomic E-state index is 12.1. The van der Waals surface area contributed by atoms with Crippen LogP contribution in [-0.4, -0.2) is 43.5 Å². The number of anilines is 2. The Hall–Kier alpha value is -1.55. The minimum absolute atomic E-state index is 0.159. The Labute approximate surface area is 146 Å². The van der Waals surface area contributed by atoms with E-state index in [-0.39, 0.29) is 5.91 Å². The number of carbonyl (C=O) groups is 1. The first-order valence-electron chi connectivity index (χ1n) is 9.62. The van der Waals surface area contributed by atoms with E-state index in [2.05, 4.69) is 34.2 Å². The number of nitrogens with zero attached hydrogens (tertiary/aromatic N) is 2. The van der Waals surface area contributed by atoms with Crippen molar-refractivity contribution in [3.8, 4) is 0 Å². The molecule has 0 spiro atoms. The molecule has 1 amide bonds. The van der Waals surface area contributed by atoms with Gasteiger partial charge < -0.3 is 15.1 Å². The van der Waals surface area contributed by atoms with Crippen LogP contribution in [0.3, 0.4) is 0 Å². The second kappa shape index (κ2) is 8.52. The minimum atomic E-state index is 0.159. The van der Waals surface area contributed by atoms with Gasteiger partial charge in [-0.05, 0) is 43.1 Å². The lowest BCUT2D eigenvalue weighted by molar-refractivity contribution is -0.116. The monoisotopic (exact) mass is 329 g/mol. The summed E-state index contributed by atoms with van der Waals surface area (Å²) >= 11 is 0. The van der Waals surface area contributed by atoms with Crippen LogP contribution in [0.25, 0.3) is 0 Å². The van der Waals surface area contributed by atoms with Crippen molar-refractivity contribution in [3.63, 3.8) is 0 Å². The number of rotatable bonds is 6. The van der Waals surface area contributed by atoms with Crippen LogP contribution >= 0.6 is 0 Å². The number of benzene rings is 1. The normalized spacial score (nSPS) is 19.6. The third-order valence-electron chi connectivity index (χ3n) is 5.59. The third-order valence-corrected chi connectivity index (χ3v) is 5.59. The predicted octanol–water partition coefficient (Wildman–Crippen LogP) is 3.74.